The quantitative estimate of drug-likeness (QED) is 0.215. The minimum absolute atomic E-state index is 0.0138. The molecule has 34 heavy (non-hydrogen) atoms. The standard InChI is InChI=1S/C31H48O3/c1-3-5-7-8-9-11-23-32-29-25-33-28(24-34-29)26-12-14-27(15-13-26)31-20-17-30(18-21-31,19-22-31)16-10-6-4-2/h9,11-15,28-29H,3-8,10,16-25H2,1-2H3/b11-9+/t28-,29+,30?,31?/m0/s1. The summed E-state index contributed by atoms with van der Waals surface area (Å²) >= 11 is 0. The molecule has 0 spiro atoms. The van der Waals surface area contributed by atoms with E-state index in [-0.39, 0.29) is 12.4 Å². The number of benzene rings is 1. The number of fused-ring (bicyclic) bond motifs is 3. The summed E-state index contributed by atoms with van der Waals surface area (Å²) in [4.78, 5) is 0. The first-order chi connectivity index (χ1) is 16.7. The van der Waals surface area contributed by atoms with Crippen molar-refractivity contribution in [2.24, 2.45) is 5.41 Å². The summed E-state index contributed by atoms with van der Waals surface area (Å²) < 4.78 is 17.9. The Morgan fingerprint density at radius 1 is 0.824 bits per heavy atom. The molecule has 1 aliphatic heterocycles. The van der Waals surface area contributed by atoms with Crippen LogP contribution in [0.3, 0.4) is 0 Å². The van der Waals surface area contributed by atoms with Gasteiger partial charge in [-0.05, 0) is 79.7 Å². The van der Waals surface area contributed by atoms with Crippen LogP contribution in [0.4, 0.5) is 0 Å². The molecule has 0 unspecified atom stereocenters. The van der Waals surface area contributed by atoms with E-state index in [1.165, 1.54) is 89.0 Å². The van der Waals surface area contributed by atoms with E-state index in [1.807, 2.05) is 0 Å². The van der Waals surface area contributed by atoms with Crippen LogP contribution in [0, 0.1) is 5.41 Å². The highest BCUT2D eigenvalue weighted by Crippen LogP contribution is 2.59. The summed E-state index contributed by atoms with van der Waals surface area (Å²) in [6.07, 6.45) is 23.2. The van der Waals surface area contributed by atoms with Gasteiger partial charge in [0.1, 0.15) is 6.10 Å². The van der Waals surface area contributed by atoms with E-state index >= 15 is 0 Å². The highest BCUT2D eigenvalue weighted by molar-refractivity contribution is 5.32. The smallest absolute Gasteiger partial charge is 0.181 e. The first-order valence-electron chi connectivity index (χ1n) is 14.3. The van der Waals surface area contributed by atoms with Gasteiger partial charge in [-0.2, -0.15) is 0 Å². The predicted molar refractivity (Wildman–Crippen MR) is 140 cm³/mol. The van der Waals surface area contributed by atoms with Crippen molar-refractivity contribution in [1.82, 2.24) is 0 Å². The fourth-order valence-corrected chi connectivity index (χ4v) is 6.51. The van der Waals surface area contributed by atoms with E-state index in [9.17, 15) is 0 Å². The fourth-order valence-electron chi connectivity index (χ4n) is 6.51. The second kappa shape index (κ2) is 12.7. The van der Waals surface area contributed by atoms with Crippen molar-refractivity contribution in [2.75, 3.05) is 19.8 Å². The molecule has 3 nitrogen and oxygen atoms in total. The van der Waals surface area contributed by atoms with Gasteiger partial charge in [0.25, 0.3) is 0 Å². The summed E-state index contributed by atoms with van der Waals surface area (Å²) in [7, 11) is 0. The van der Waals surface area contributed by atoms with Gasteiger partial charge in [0.2, 0.25) is 0 Å². The van der Waals surface area contributed by atoms with E-state index in [4.69, 9.17) is 14.2 Å². The third-order valence-corrected chi connectivity index (χ3v) is 8.99. The zero-order valence-electron chi connectivity index (χ0n) is 21.9. The number of ether oxygens (including phenoxy) is 3. The van der Waals surface area contributed by atoms with Gasteiger partial charge in [-0.3, -0.25) is 0 Å². The van der Waals surface area contributed by atoms with Gasteiger partial charge in [0, 0.05) is 0 Å². The molecule has 3 aliphatic carbocycles. The molecule has 2 bridgehead atoms. The van der Waals surface area contributed by atoms with Gasteiger partial charge in [-0.15, -0.1) is 0 Å². The molecule has 1 aromatic carbocycles. The molecule has 2 atom stereocenters. The van der Waals surface area contributed by atoms with Gasteiger partial charge >= 0.3 is 0 Å². The van der Waals surface area contributed by atoms with Crippen LogP contribution < -0.4 is 0 Å². The minimum atomic E-state index is -0.253. The van der Waals surface area contributed by atoms with Crippen molar-refractivity contribution in [2.45, 2.75) is 122 Å². The van der Waals surface area contributed by atoms with Crippen molar-refractivity contribution in [3.05, 3.63) is 47.5 Å². The summed E-state index contributed by atoms with van der Waals surface area (Å²) in [5, 5.41) is 0. The summed E-state index contributed by atoms with van der Waals surface area (Å²) in [5.74, 6) is 0. The molecule has 0 aromatic heterocycles. The molecule has 4 fully saturated rings. The Labute approximate surface area is 208 Å². The fraction of sp³-hybridized carbons (Fsp3) is 0.742. The second-order valence-corrected chi connectivity index (χ2v) is 11.2. The molecule has 3 heteroatoms. The first-order valence-corrected chi connectivity index (χ1v) is 14.3. The predicted octanol–water partition coefficient (Wildman–Crippen LogP) is 8.43. The SMILES string of the molecule is CCCCC/C=C/CO[C@H]1CO[C@H](c2ccc(C34CCC(CCCCC)(CC3)CC4)cc2)CO1. The van der Waals surface area contributed by atoms with Gasteiger partial charge in [-0.25, -0.2) is 0 Å². The van der Waals surface area contributed by atoms with Crippen LogP contribution in [0.5, 0.6) is 0 Å². The largest absolute Gasteiger partial charge is 0.366 e. The van der Waals surface area contributed by atoms with E-state index < -0.39 is 0 Å². The highest BCUT2D eigenvalue weighted by Gasteiger charge is 2.48. The van der Waals surface area contributed by atoms with Crippen LogP contribution in [0.2, 0.25) is 0 Å². The van der Waals surface area contributed by atoms with Gasteiger partial charge in [0.05, 0.1) is 19.8 Å². The molecule has 1 heterocycles. The molecule has 1 saturated heterocycles. The number of hydrogen-bond donors (Lipinski definition) is 0. The van der Waals surface area contributed by atoms with E-state index in [1.54, 1.807) is 5.56 Å². The summed E-state index contributed by atoms with van der Waals surface area (Å²) in [6, 6.07) is 9.35. The first kappa shape index (κ1) is 25.9. The van der Waals surface area contributed by atoms with Crippen molar-refractivity contribution in [3.8, 4) is 0 Å². The van der Waals surface area contributed by atoms with Crippen molar-refractivity contribution in [3.63, 3.8) is 0 Å². The van der Waals surface area contributed by atoms with Gasteiger partial charge in [-0.1, -0.05) is 82.4 Å². The lowest BCUT2D eigenvalue weighted by atomic mass is 9.51. The normalized spacial score (nSPS) is 31.4. The molecular weight excluding hydrogens is 420 g/mol. The maximum Gasteiger partial charge on any atom is 0.181 e. The Hall–Kier alpha value is -1.16. The third kappa shape index (κ3) is 6.53. The topological polar surface area (TPSA) is 27.7 Å². The zero-order chi connectivity index (χ0) is 23.7. The zero-order valence-corrected chi connectivity index (χ0v) is 21.9. The molecule has 0 amide bonds. The van der Waals surface area contributed by atoms with Crippen LogP contribution in [0.1, 0.15) is 121 Å². The number of hydrogen-bond acceptors (Lipinski definition) is 3. The Morgan fingerprint density at radius 3 is 2.18 bits per heavy atom. The minimum Gasteiger partial charge on any atom is -0.366 e. The molecule has 1 aromatic rings. The molecule has 4 aliphatic rings. The molecule has 3 saturated carbocycles. The van der Waals surface area contributed by atoms with Crippen LogP contribution in [0.15, 0.2) is 36.4 Å². The maximum absolute atomic E-state index is 6.12. The second-order valence-electron chi connectivity index (χ2n) is 11.2. The Bertz CT molecular complexity index is 720. The Morgan fingerprint density at radius 2 is 1.53 bits per heavy atom. The lowest BCUT2D eigenvalue weighted by Crippen LogP contribution is -2.44. The Kier molecular flexibility index (Phi) is 9.68. The monoisotopic (exact) mass is 468 g/mol. The Balaban J connectivity index is 1.21. The van der Waals surface area contributed by atoms with Crippen LogP contribution in [-0.2, 0) is 19.6 Å². The average Bonchev–Trinajstić information content (AvgIpc) is 2.90. The summed E-state index contributed by atoms with van der Waals surface area (Å²) in [6.45, 7) is 6.22. The van der Waals surface area contributed by atoms with Crippen LogP contribution in [-0.4, -0.2) is 26.1 Å². The van der Waals surface area contributed by atoms with Crippen molar-refractivity contribution < 1.29 is 14.2 Å². The van der Waals surface area contributed by atoms with Gasteiger partial charge in [0.15, 0.2) is 6.29 Å². The molecule has 0 radical (unpaired) electrons. The van der Waals surface area contributed by atoms with Crippen molar-refractivity contribution >= 4 is 0 Å². The number of allylic oxidation sites excluding steroid dienone is 1. The lowest BCUT2D eigenvalue weighted by Gasteiger charge is -2.54. The van der Waals surface area contributed by atoms with E-state index in [0.29, 0.717) is 30.7 Å². The average molecular weight is 469 g/mol. The van der Waals surface area contributed by atoms with Crippen molar-refractivity contribution in [1.29, 1.82) is 0 Å². The maximum atomic E-state index is 6.12. The number of unbranched alkanes of at least 4 members (excludes halogenated alkanes) is 5. The third-order valence-electron chi connectivity index (χ3n) is 8.99. The van der Waals surface area contributed by atoms with Crippen LogP contribution in [0.25, 0.3) is 0 Å². The molecule has 0 N–H and O–H groups in total. The highest BCUT2D eigenvalue weighted by atomic mass is 16.7. The number of rotatable bonds is 13. The summed E-state index contributed by atoms with van der Waals surface area (Å²) in [5.41, 5.74) is 3.89. The molecule has 190 valence electrons. The van der Waals surface area contributed by atoms with E-state index in [2.05, 4.69) is 50.3 Å². The van der Waals surface area contributed by atoms with E-state index in [0.717, 1.165) is 6.42 Å². The lowest BCUT2D eigenvalue weighted by molar-refractivity contribution is -0.232. The van der Waals surface area contributed by atoms with Crippen LogP contribution >= 0.6 is 0 Å². The molecular formula is C31H48O3. The van der Waals surface area contributed by atoms with Gasteiger partial charge < -0.3 is 14.2 Å². The molecule has 5 rings (SSSR count).